The van der Waals surface area contributed by atoms with Gasteiger partial charge in [0.1, 0.15) is 5.01 Å². The van der Waals surface area contributed by atoms with Crippen LogP contribution in [0.2, 0.25) is 0 Å². The van der Waals surface area contributed by atoms with Crippen molar-refractivity contribution in [3.05, 3.63) is 28.8 Å². The normalized spacial score (nSPS) is 30.7. The Balaban J connectivity index is 1.64. The Kier molecular flexibility index (Phi) is 2.85. The highest BCUT2D eigenvalue weighted by Crippen LogP contribution is 2.40. The number of fused-ring (bicyclic) bond motifs is 2. The van der Waals surface area contributed by atoms with Crippen LogP contribution in [0.15, 0.2) is 18.2 Å². The van der Waals surface area contributed by atoms with E-state index in [1.54, 1.807) is 0 Å². The molecule has 3 heteroatoms. The molecule has 1 aliphatic carbocycles. The van der Waals surface area contributed by atoms with Crippen LogP contribution >= 0.6 is 11.3 Å². The van der Waals surface area contributed by atoms with Crippen molar-refractivity contribution in [3.63, 3.8) is 0 Å². The number of hydrogen-bond donors (Lipinski definition) is 1. The molecule has 1 aromatic heterocycles. The summed E-state index contributed by atoms with van der Waals surface area (Å²) in [5, 5.41) is 5.13. The average molecular weight is 272 g/mol. The van der Waals surface area contributed by atoms with Gasteiger partial charge < -0.3 is 5.32 Å². The Morgan fingerprint density at radius 3 is 3.05 bits per heavy atom. The van der Waals surface area contributed by atoms with Crippen molar-refractivity contribution in [1.82, 2.24) is 10.3 Å². The van der Waals surface area contributed by atoms with E-state index in [9.17, 15) is 0 Å². The highest BCUT2D eigenvalue weighted by molar-refractivity contribution is 7.18. The van der Waals surface area contributed by atoms with E-state index in [4.69, 9.17) is 4.98 Å². The van der Waals surface area contributed by atoms with E-state index in [0.717, 1.165) is 12.0 Å². The molecular weight excluding hydrogens is 252 g/mol. The van der Waals surface area contributed by atoms with E-state index in [0.29, 0.717) is 6.04 Å². The van der Waals surface area contributed by atoms with Crippen molar-refractivity contribution in [2.24, 2.45) is 5.92 Å². The SMILES string of the molecule is Cc1ccc2sc(C3CC4CCCCC4N3)nc2c1. The lowest BCUT2D eigenvalue weighted by atomic mass is 9.85. The maximum absolute atomic E-state index is 4.87. The maximum Gasteiger partial charge on any atom is 0.111 e. The zero-order chi connectivity index (χ0) is 12.8. The second kappa shape index (κ2) is 4.57. The number of benzene rings is 1. The average Bonchev–Trinajstić information content (AvgIpc) is 3.00. The lowest BCUT2D eigenvalue weighted by molar-refractivity contribution is 0.325. The molecule has 1 N–H and O–H groups in total. The third-order valence-electron chi connectivity index (χ3n) is 4.72. The molecule has 0 amide bonds. The molecule has 2 nitrogen and oxygen atoms in total. The van der Waals surface area contributed by atoms with Crippen LogP contribution in [0.3, 0.4) is 0 Å². The van der Waals surface area contributed by atoms with Crippen LogP contribution in [0.25, 0.3) is 10.2 Å². The quantitative estimate of drug-likeness (QED) is 0.841. The summed E-state index contributed by atoms with van der Waals surface area (Å²) < 4.78 is 1.33. The van der Waals surface area contributed by atoms with E-state index in [1.165, 1.54) is 52.9 Å². The molecule has 2 fully saturated rings. The molecule has 19 heavy (non-hydrogen) atoms. The summed E-state index contributed by atoms with van der Waals surface area (Å²) in [6.45, 7) is 2.14. The Bertz CT molecular complexity index is 590. The van der Waals surface area contributed by atoms with Crippen molar-refractivity contribution >= 4 is 21.6 Å². The Labute approximate surface area is 118 Å². The summed E-state index contributed by atoms with van der Waals surface area (Å²) in [5.41, 5.74) is 2.48. The third kappa shape index (κ3) is 2.09. The fourth-order valence-corrected chi connectivity index (χ4v) is 4.74. The van der Waals surface area contributed by atoms with Gasteiger partial charge in [-0.2, -0.15) is 0 Å². The van der Waals surface area contributed by atoms with E-state index in [1.807, 2.05) is 11.3 Å². The van der Waals surface area contributed by atoms with Crippen LogP contribution in [0.4, 0.5) is 0 Å². The molecule has 3 unspecified atom stereocenters. The van der Waals surface area contributed by atoms with Crippen LogP contribution in [-0.2, 0) is 0 Å². The molecule has 0 radical (unpaired) electrons. The molecule has 1 aliphatic heterocycles. The van der Waals surface area contributed by atoms with Gasteiger partial charge in [-0.15, -0.1) is 11.3 Å². The standard InChI is InChI=1S/C16H20N2S/c1-10-6-7-15-13(8-10)18-16(19-15)14-9-11-4-2-3-5-12(11)17-14/h6-8,11-12,14,17H,2-5,9H2,1H3. The lowest BCUT2D eigenvalue weighted by Gasteiger charge is -2.24. The van der Waals surface area contributed by atoms with Gasteiger partial charge in [0.2, 0.25) is 0 Å². The largest absolute Gasteiger partial charge is 0.305 e. The predicted molar refractivity (Wildman–Crippen MR) is 80.6 cm³/mol. The van der Waals surface area contributed by atoms with Gasteiger partial charge in [0.15, 0.2) is 0 Å². The maximum atomic E-state index is 4.87. The predicted octanol–water partition coefficient (Wildman–Crippen LogP) is 4.20. The van der Waals surface area contributed by atoms with Crippen molar-refractivity contribution in [1.29, 1.82) is 0 Å². The minimum absolute atomic E-state index is 0.505. The molecule has 0 bridgehead atoms. The number of nitrogens with zero attached hydrogens (tertiary/aromatic N) is 1. The van der Waals surface area contributed by atoms with Gasteiger partial charge in [-0.25, -0.2) is 4.98 Å². The van der Waals surface area contributed by atoms with Crippen molar-refractivity contribution in [3.8, 4) is 0 Å². The Hall–Kier alpha value is -0.930. The van der Waals surface area contributed by atoms with Crippen LogP contribution in [0.1, 0.15) is 48.7 Å². The number of hydrogen-bond acceptors (Lipinski definition) is 3. The van der Waals surface area contributed by atoms with Crippen molar-refractivity contribution in [2.75, 3.05) is 0 Å². The molecule has 1 saturated heterocycles. The van der Waals surface area contributed by atoms with E-state index >= 15 is 0 Å². The minimum Gasteiger partial charge on any atom is -0.305 e. The molecule has 100 valence electrons. The second-order valence-corrected chi connectivity index (χ2v) is 7.19. The summed E-state index contributed by atoms with van der Waals surface area (Å²) in [4.78, 5) is 4.87. The minimum atomic E-state index is 0.505. The van der Waals surface area contributed by atoms with Crippen LogP contribution in [0.5, 0.6) is 0 Å². The van der Waals surface area contributed by atoms with Crippen LogP contribution in [-0.4, -0.2) is 11.0 Å². The van der Waals surface area contributed by atoms with Gasteiger partial charge >= 0.3 is 0 Å². The Morgan fingerprint density at radius 1 is 1.26 bits per heavy atom. The van der Waals surface area contributed by atoms with Gasteiger partial charge in [-0.1, -0.05) is 18.9 Å². The molecule has 2 aromatic rings. The molecule has 3 atom stereocenters. The highest BCUT2D eigenvalue weighted by Gasteiger charge is 2.36. The first-order valence-corrected chi connectivity index (χ1v) is 8.24. The van der Waals surface area contributed by atoms with E-state index in [-0.39, 0.29) is 0 Å². The number of thiazole rings is 1. The number of rotatable bonds is 1. The van der Waals surface area contributed by atoms with Gasteiger partial charge in [0, 0.05) is 6.04 Å². The molecule has 1 saturated carbocycles. The first-order valence-electron chi connectivity index (χ1n) is 7.43. The molecule has 2 heterocycles. The summed E-state index contributed by atoms with van der Waals surface area (Å²) in [6, 6.07) is 7.87. The fourth-order valence-electron chi connectivity index (χ4n) is 3.71. The topological polar surface area (TPSA) is 24.9 Å². The fraction of sp³-hybridized carbons (Fsp3) is 0.562. The van der Waals surface area contributed by atoms with Crippen LogP contribution < -0.4 is 5.32 Å². The molecule has 4 rings (SSSR count). The first kappa shape index (κ1) is 11.9. The molecule has 1 aromatic carbocycles. The van der Waals surface area contributed by atoms with Crippen molar-refractivity contribution < 1.29 is 0 Å². The lowest BCUT2D eigenvalue weighted by Crippen LogP contribution is -2.30. The van der Waals surface area contributed by atoms with E-state index in [2.05, 4.69) is 30.4 Å². The van der Waals surface area contributed by atoms with Crippen LogP contribution in [0, 0.1) is 12.8 Å². The smallest absolute Gasteiger partial charge is 0.111 e. The van der Waals surface area contributed by atoms with Gasteiger partial charge in [0.25, 0.3) is 0 Å². The zero-order valence-corrected chi connectivity index (χ0v) is 12.2. The summed E-state index contributed by atoms with van der Waals surface area (Å²) >= 11 is 1.88. The number of aromatic nitrogens is 1. The third-order valence-corrected chi connectivity index (χ3v) is 5.87. The molecular formula is C16H20N2S. The van der Waals surface area contributed by atoms with Crippen molar-refractivity contribution in [2.45, 2.75) is 51.1 Å². The van der Waals surface area contributed by atoms with Gasteiger partial charge in [-0.3, -0.25) is 0 Å². The summed E-state index contributed by atoms with van der Waals surface area (Å²) in [7, 11) is 0. The number of nitrogens with one attached hydrogen (secondary N) is 1. The highest BCUT2D eigenvalue weighted by atomic mass is 32.1. The monoisotopic (exact) mass is 272 g/mol. The zero-order valence-electron chi connectivity index (χ0n) is 11.4. The summed E-state index contributed by atoms with van der Waals surface area (Å²) in [5.74, 6) is 0.896. The summed E-state index contributed by atoms with van der Waals surface area (Å²) in [6.07, 6.45) is 6.90. The Morgan fingerprint density at radius 2 is 2.16 bits per heavy atom. The molecule has 2 aliphatic rings. The van der Waals surface area contributed by atoms with Gasteiger partial charge in [0.05, 0.1) is 16.3 Å². The molecule has 0 spiro atoms. The first-order chi connectivity index (χ1) is 9.29. The second-order valence-electron chi connectivity index (χ2n) is 6.13. The van der Waals surface area contributed by atoms with E-state index < -0.39 is 0 Å². The number of aryl methyl sites for hydroxylation is 1. The van der Waals surface area contributed by atoms with Gasteiger partial charge in [-0.05, 0) is 49.8 Å².